The van der Waals surface area contributed by atoms with E-state index in [1.165, 1.54) is 57.8 Å². The molecule has 1 rings (SSSR count). The standard InChI is InChI=1S/C17H34N2O2S2/c1-3-4-5-6-7-8-9-10-11-12-13-21-19-17(23-15-18-19)22-14-16(2)20/h15-17,20H,3-14H2,1-2H3. The number of hydroxylamine groups is 1. The van der Waals surface area contributed by atoms with Gasteiger partial charge in [-0.3, -0.25) is 4.84 Å². The number of thioether (sulfide) groups is 2. The molecule has 0 amide bonds. The highest BCUT2D eigenvalue weighted by Crippen LogP contribution is 2.31. The molecule has 0 aromatic heterocycles. The van der Waals surface area contributed by atoms with Crippen LogP contribution in [0.1, 0.15) is 78.1 Å². The minimum atomic E-state index is -0.287. The lowest BCUT2D eigenvalue weighted by molar-refractivity contribution is -0.150. The van der Waals surface area contributed by atoms with Gasteiger partial charge in [0, 0.05) is 5.75 Å². The zero-order valence-corrected chi connectivity index (χ0v) is 16.4. The summed E-state index contributed by atoms with van der Waals surface area (Å²) in [5.74, 6) is 0.707. The second kappa shape index (κ2) is 14.4. The number of aliphatic hydroxyl groups excluding tert-OH is 1. The molecule has 0 saturated heterocycles. The van der Waals surface area contributed by atoms with Crippen LogP contribution < -0.4 is 0 Å². The minimum Gasteiger partial charge on any atom is -0.393 e. The lowest BCUT2D eigenvalue weighted by atomic mass is 10.1. The van der Waals surface area contributed by atoms with Crippen LogP contribution >= 0.6 is 23.5 Å². The summed E-state index contributed by atoms with van der Waals surface area (Å²) in [4.78, 5) is 5.73. The van der Waals surface area contributed by atoms with Crippen molar-refractivity contribution < 1.29 is 9.94 Å². The zero-order chi connectivity index (χ0) is 16.8. The summed E-state index contributed by atoms with van der Waals surface area (Å²) >= 11 is 3.31. The number of nitrogens with zero attached hydrogens (tertiary/aromatic N) is 2. The molecule has 2 atom stereocenters. The van der Waals surface area contributed by atoms with Gasteiger partial charge in [-0.1, -0.05) is 76.5 Å². The first kappa shape index (κ1) is 21.1. The summed E-state index contributed by atoms with van der Waals surface area (Å²) in [6.45, 7) is 4.81. The molecule has 0 spiro atoms. The first-order chi connectivity index (χ1) is 11.2. The summed E-state index contributed by atoms with van der Waals surface area (Å²) in [5, 5.41) is 15.3. The van der Waals surface area contributed by atoms with Crippen molar-refractivity contribution in [1.29, 1.82) is 0 Å². The van der Waals surface area contributed by atoms with Gasteiger partial charge in [0.2, 0.25) is 0 Å². The molecule has 0 aromatic rings. The van der Waals surface area contributed by atoms with Crippen LogP contribution in [0.25, 0.3) is 0 Å². The maximum atomic E-state index is 9.35. The van der Waals surface area contributed by atoms with E-state index in [0.717, 1.165) is 13.0 Å². The number of hydrazone groups is 1. The molecular formula is C17H34N2O2S2. The molecule has 136 valence electrons. The van der Waals surface area contributed by atoms with E-state index in [4.69, 9.17) is 4.84 Å². The van der Waals surface area contributed by atoms with Crippen LogP contribution in [0, 0.1) is 0 Å². The normalized spacial score (nSPS) is 18.7. The smallest absolute Gasteiger partial charge is 0.172 e. The third-order valence-electron chi connectivity index (χ3n) is 3.72. The van der Waals surface area contributed by atoms with Gasteiger partial charge in [0.1, 0.15) is 0 Å². The van der Waals surface area contributed by atoms with Gasteiger partial charge >= 0.3 is 0 Å². The van der Waals surface area contributed by atoms with Crippen molar-refractivity contribution in [3.8, 4) is 0 Å². The molecule has 0 saturated carbocycles. The van der Waals surface area contributed by atoms with Crippen molar-refractivity contribution >= 4 is 29.1 Å². The maximum Gasteiger partial charge on any atom is 0.172 e. The molecule has 0 aromatic carbocycles. The number of aliphatic hydroxyl groups is 1. The van der Waals surface area contributed by atoms with E-state index in [9.17, 15) is 5.11 Å². The van der Waals surface area contributed by atoms with Crippen molar-refractivity contribution in [2.45, 2.75) is 88.9 Å². The van der Waals surface area contributed by atoms with Gasteiger partial charge in [-0.2, -0.15) is 5.10 Å². The lowest BCUT2D eigenvalue weighted by Crippen LogP contribution is -2.24. The first-order valence-electron chi connectivity index (χ1n) is 9.13. The molecule has 0 aliphatic carbocycles. The van der Waals surface area contributed by atoms with Crippen molar-refractivity contribution in [2.75, 3.05) is 12.4 Å². The van der Waals surface area contributed by atoms with E-state index in [0.29, 0.717) is 5.75 Å². The Bertz CT molecular complexity index is 304. The number of rotatable bonds is 15. The third-order valence-corrected chi connectivity index (χ3v) is 6.23. The Morgan fingerprint density at radius 1 is 1.13 bits per heavy atom. The number of hydrogen-bond acceptors (Lipinski definition) is 6. The predicted molar refractivity (Wildman–Crippen MR) is 104 cm³/mol. The molecule has 1 aliphatic rings. The summed E-state index contributed by atoms with van der Waals surface area (Å²) < 4.78 is 0.146. The minimum absolute atomic E-state index is 0.146. The molecule has 0 bridgehead atoms. The van der Waals surface area contributed by atoms with Gasteiger partial charge in [-0.15, -0.1) is 16.9 Å². The molecule has 23 heavy (non-hydrogen) atoms. The molecule has 0 radical (unpaired) electrons. The van der Waals surface area contributed by atoms with Gasteiger partial charge in [-0.25, -0.2) is 0 Å². The van der Waals surface area contributed by atoms with Crippen LogP contribution in [0.2, 0.25) is 0 Å². The molecule has 0 fully saturated rings. The summed E-state index contributed by atoms with van der Waals surface area (Å²) in [6, 6.07) is 0. The number of hydrogen-bond donors (Lipinski definition) is 1. The van der Waals surface area contributed by atoms with E-state index < -0.39 is 0 Å². The Hall–Kier alpha value is 0.0900. The van der Waals surface area contributed by atoms with Crippen LogP contribution in [0.5, 0.6) is 0 Å². The number of unbranched alkanes of at least 4 members (excludes halogenated alkanes) is 9. The Labute approximate surface area is 150 Å². The SMILES string of the molecule is CCCCCCCCCCCCON1N=CSC1SCC(C)O. The predicted octanol–water partition coefficient (Wildman–Crippen LogP) is 5.23. The van der Waals surface area contributed by atoms with E-state index in [1.807, 2.05) is 12.5 Å². The summed E-state index contributed by atoms with van der Waals surface area (Å²) in [7, 11) is 0. The van der Waals surface area contributed by atoms with Crippen molar-refractivity contribution in [2.24, 2.45) is 5.10 Å². The van der Waals surface area contributed by atoms with Gasteiger partial charge in [0.05, 0.1) is 18.3 Å². The van der Waals surface area contributed by atoms with Gasteiger partial charge in [0.25, 0.3) is 0 Å². The fraction of sp³-hybridized carbons (Fsp3) is 0.941. The van der Waals surface area contributed by atoms with Crippen LogP contribution in [-0.2, 0) is 4.84 Å². The van der Waals surface area contributed by atoms with Gasteiger partial charge in [0.15, 0.2) is 4.71 Å². The topological polar surface area (TPSA) is 45.1 Å². The third kappa shape index (κ3) is 11.3. The van der Waals surface area contributed by atoms with Crippen LogP contribution in [0.15, 0.2) is 5.10 Å². The summed E-state index contributed by atoms with van der Waals surface area (Å²) in [5.41, 5.74) is 1.82. The Balaban J connectivity index is 1.89. The molecule has 4 nitrogen and oxygen atoms in total. The molecule has 1 heterocycles. The zero-order valence-electron chi connectivity index (χ0n) is 14.8. The summed E-state index contributed by atoms with van der Waals surface area (Å²) in [6.07, 6.45) is 13.1. The average molecular weight is 363 g/mol. The molecular weight excluding hydrogens is 328 g/mol. The lowest BCUT2D eigenvalue weighted by Gasteiger charge is -2.21. The molecule has 1 aliphatic heterocycles. The van der Waals surface area contributed by atoms with E-state index >= 15 is 0 Å². The largest absolute Gasteiger partial charge is 0.393 e. The fourth-order valence-corrected chi connectivity index (χ4v) is 4.25. The van der Waals surface area contributed by atoms with Crippen LogP contribution in [0.3, 0.4) is 0 Å². The van der Waals surface area contributed by atoms with E-state index in [-0.39, 0.29) is 10.8 Å². The fourth-order valence-electron chi connectivity index (χ4n) is 2.40. The molecule has 2 unspecified atom stereocenters. The highest BCUT2D eigenvalue weighted by Gasteiger charge is 2.23. The Kier molecular flexibility index (Phi) is 13.3. The van der Waals surface area contributed by atoms with E-state index in [1.54, 1.807) is 28.7 Å². The Morgan fingerprint density at radius 2 is 1.74 bits per heavy atom. The quantitative estimate of drug-likeness (QED) is 0.404. The average Bonchev–Trinajstić information content (AvgIpc) is 2.98. The second-order valence-corrected chi connectivity index (χ2v) is 8.51. The Morgan fingerprint density at radius 3 is 2.35 bits per heavy atom. The van der Waals surface area contributed by atoms with Crippen molar-refractivity contribution in [3.05, 3.63) is 0 Å². The van der Waals surface area contributed by atoms with Crippen molar-refractivity contribution in [3.63, 3.8) is 0 Å². The highest BCUT2D eigenvalue weighted by atomic mass is 32.2. The highest BCUT2D eigenvalue weighted by molar-refractivity contribution is 8.24. The van der Waals surface area contributed by atoms with Gasteiger partial charge in [-0.05, 0) is 13.3 Å². The molecule has 1 N–H and O–H groups in total. The van der Waals surface area contributed by atoms with E-state index in [2.05, 4.69) is 12.0 Å². The second-order valence-electron chi connectivity index (χ2n) is 6.16. The van der Waals surface area contributed by atoms with Crippen LogP contribution in [0.4, 0.5) is 0 Å². The first-order valence-corrected chi connectivity index (χ1v) is 11.1. The maximum absolute atomic E-state index is 9.35. The molecule has 6 heteroatoms. The monoisotopic (exact) mass is 362 g/mol. The van der Waals surface area contributed by atoms with Crippen molar-refractivity contribution in [1.82, 2.24) is 5.17 Å². The van der Waals surface area contributed by atoms with Crippen LogP contribution in [-0.4, -0.2) is 39.0 Å². The van der Waals surface area contributed by atoms with Gasteiger partial charge < -0.3 is 5.11 Å².